The lowest BCUT2D eigenvalue weighted by Gasteiger charge is -2.02. The van der Waals surface area contributed by atoms with Gasteiger partial charge in [0.05, 0.1) is 5.69 Å². The summed E-state index contributed by atoms with van der Waals surface area (Å²) in [6.45, 7) is 4.22. The molecule has 12 heavy (non-hydrogen) atoms. The van der Waals surface area contributed by atoms with Crippen LogP contribution in [-0.4, -0.2) is 19.8 Å². The van der Waals surface area contributed by atoms with Gasteiger partial charge in [0.25, 0.3) is 0 Å². The van der Waals surface area contributed by atoms with Crippen molar-refractivity contribution in [1.82, 2.24) is 19.8 Å². The molecule has 4 nitrogen and oxygen atoms in total. The largest absolute Gasteiger partial charge is 0.200 e. The van der Waals surface area contributed by atoms with Crippen LogP contribution in [0.2, 0.25) is 0 Å². The van der Waals surface area contributed by atoms with E-state index in [4.69, 9.17) is 0 Å². The minimum atomic E-state index is 0.441. The van der Waals surface area contributed by atoms with Crippen molar-refractivity contribution in [1.29, 1.82) is 0 Å². The van der Waals surface area contributed by atoms with Crippen LogP contribution in [-0.2, 0) is 0 Å². The molecule has 0 bridgehead atoms. The molecule has 2 aromatic rings. The van der Waals surface area contributed by atoms with Crippen LogP contribution >= 0.6 is 0 Å². The molecule has 0 aromatic carbocycles. The van der Waals surface area contributed by atoms with E-state index in [9.17, 15) is 0 Å². The number of rotatable bonds is 1. The molecular formula is C8H10N4. The third kappa shape index (κ3) is 1.05. The van der Waals surface area contributed by atoms with Crippen LogP contribution in [0.3, 0.4) is 0 Å². The molecule has 0 fully saturated rings. The smallest absolute Gasteiger partial charge is 0.177 e. The maximum Gasteiger partial charge on any atom is 0.177 e. The van der Waals surface area contributed by atoms with Gasteiger partial charge >= 0.3 is 0 Å². The van der Waals surface area contributed by atoms with Gasteiger partial charge < -0.3 is 0 Å². The van der Waals surface area contributed by atoms with E-state index in [1.807, 2.05) is 12.1 Å². The molecule has 2 heterocycles. The van der Waals surface area contributed by atoms with Crippen molar-refractivity contribution in [3.05, 3.63) is 24.2 Å². The second kappa shape index (κ2) is 2.55. The van der Waals surface area contributed by atoms with E-state index in [-0.39, 0.29) is 0 Å². The van der Waals surface area contributed by atoms with Gasteiger partial charge in [-0.15, -0.1) is 10.2 Å². The average Bonchev–Trinajstić information content (AvgIpc) is 2.49. The van der Waals surface area contributed by atoms with Gasteiger partial charge in [-0.2, -0.15) is 5.10 Å². The molecule has 0 aliphatic rings. The molecule has 0 aliphatic heterocycles. The maximum absolute atomic E-state index is 4.33. The summed E-state index contributed by atoms with van der Waals surface area (Å²) in [7, 11) is 0. The maximum atomic E-state index is 4.33. The first kappa shape index (κ1) is 7.21. The van der Waals surface area contributed by atoms with Gasteiger partial charge in [0.15, 0.2) is 5.65 Å². The molecule has 0 unspecified atom stereocenters. The number of fused-ring (bicyclic) bond motifs is 1. The highest BCUT2D eigenvalue weighted by Crippen LogP contribution is 2.10. The van der Waals surface area contributed by atoms with E-state index in [2.05, 4.69) is 29.1 Å². The Bertz CT molecular complexity index is 391. The van der Waals surface area contributed by atoms with Gasteiger partial charge in [0.2, 0.25) is 0 Å². The molecule has 2 rings (SSSR count). The Kier molecular flexibility index (Phi) is 1.53. The van der Waals surface area contributed by atoms with Crippen molar-refractivity contribution in [3.63, 3.8) is 0 Å². The van der Waals surface area contributed by atoms with Gasteiger partial charge in [0.1, 0.15) is 6.33 Å². The summed E-state index contributed by atoms with van der Waals surface area (Å²) in [5, 5.41) is 11.9. The fourth-order valence-corrected chi connectivity index (χ4v) is 1.05. The van der Waals surface area contributed by atoms with Gasteiger partial charge in [-0.1, -0.05) is 13.8 Å². The number of hydrogen-bond acceptors (Lipinski definition) is 3. The first-order valence-corrected chi connectivity index (χ1v) is 3.94. The van der Waals surface area contributed by atoms with Crippen molar-refractivity contribution in [2.45, 2.75) is 19.8 Å². The summed E-state index contributed by atoms with van der Waals surface area (Å²) in [4.78, 5) is 0. The summed E-state index contributed by atoms with van der Waals surface area (Å²) in [6.07, 6.45) is 1.61. The molecule has 0 aliphatic carbocycles. The minimum Gasteiger partial charge on any atom is -0.200 e. The molecule has 0 saturated carbocycles. The molecule has 62 valence electrons. The molecule has 0 N–H and O–H groups in total. The van der Waals surface area contributed by atoms with Gasteiger partial charge in [-0.05, 0) is 18.1 Å². The van der Waals surface area contributed by atoms with Gasteiger partial charge in [-0.25, -0.2) is 4.52 Å². The summed E-state index contributed by atoms with van der Waals surface area (Å²) in [5.41, 5.74) is 1.85. The van der Waals surface area contributed by atoms with Gasteiger partial charge in [0, 0.05) is 0 Å². The zero-order valence-electron chi connectivity index (χ0n) is 7.10. The lowest BCUT2D eigenvalue weighted by Crippen LogP contribution is -1.98. The van der Waals surface area contributed by atoms with E-state index in [0.717, 1.165) is 11.3 Å². The van der Waals surface area contributed by atoms with Crippen LogP contribution < -0.4 is 0 Å². The molecular weight excluding hydrogens is 152 g/mol. The summed E-state index contributed by atoms with van der Waals surface area (Å²) >= 11 is 0. The standard InChI is InChI=1S/C8H10N4/c1-6(2)7-3-4-8-10-9-5-12(8)11-7/h3-6H,1-2H3. The van der Waals surface area contributed by atoms with Crippen LogP contribution in [0.4, 0.5) is 0 Å². The van der Waals surface area contributed by atoms with Crippen LogP contribution in [0.25, 0.3) is 5.65 Å². The number of hydrogen-bond donors (Lipinski definition) is 0. The van der Waals surface area contributed by atoms with Crippen LogP contribution in [0.15, 0.2) is 18.5 Å². The van der Waals surface area contributed by atoms with E-state index >= 15 is 0 Å². The number of aromatic nitrogens is 4. The highest BCUT2D eigenvalue weighted by atomic mass is 15.3. The van der Waals surface area contributed by atoms with Crippen molar-refractivity contribution in [2.75, 3.05) is 0 Å². The monoisotopic (exact) mass is 162 g/mol. The lowest BCUT2D eigenvalue weighted by molar-refractivity contribution is 0.762. The molecule has 0 atom stereocenters. The van der Waals surface area contributed by atoms with Crippen molar-refractivity contribution >= 4 is 5.65 Å². The highest BCUT2D eigenvalue weighted by molar-refractivity contribution is 5.34. The lowest BCUT2D eigenvalue weighted by atomic mass is 10.1. The zero-order valence-corrected chi connectivity index (χ0v) is 7.10. The Morgan fingerprint density at radius 2 is 2.17 bits per heavy atom. The predicted molar refractivity (Wildman–Crippen MR) is 44.9 cm³/mol. The Hall–Kier alpha value is -1.45. The Morgan fingerprint density at radius 1 is 1.33 bits per heavy atom. The predicted octanol–water partition coefficient (Wildman–Crippen LogP) is 1.25. The van der Waals surface area contributed by atoms with Crippen molar-refractivity contribution in [3.8, 4) is 0 Å². The van der Waals surface area contributed by atoms with Gasteiger partial charge in [-0.3, -0.25) is 0 Å². The van der Waals surface area contributed by atoms with E-state index in [1.54, 1.807) is 10.8 Å². The zero-order chi connectivity index (χ0) is 8.55. The molecule has 0 saturated heterocycles. The first-order chi connectivity index (χ1) is 5.77. The molecule has 0 amide bonds. The van der Waals surface area contributed by atoms with E-state index < -0.39 is 0 Å². The summed E-state index contributed by atoms with van der Waals surface area (Å²) in [6, 6.07) is 3.91. The SMILES string of the molecule is CC(C)c1ccc2nncn2n1. The Labute approximate surface area is 70.2 Å². The first-order valence-electron chi connectivity index (χ1n) is 3.94. The quantitative estimate of drug-likeness (QED) is 0.633. The summed E-state index contributed by atoms with van der Waals surface area (Å²) in [5.74, 6) is 0.441. The van der Waals surface area contributed by atoms with Crippen LogP contribution in [0.5, 0.6) is 0 Å². The second-order valence-electron chi connectivity index (χ2n) is 3.05. The second-order valence-corrected chi connectivity index (χ2v) is 3.05. The Morgan fingerprint density at radius 3 is 2.92 bits per heavy atom. The minimum absolute atomic E-state index is 0.441. The molecule has 2 aromatic heterocycles. The van der Waals surface area contributed by atoms with E-state index in [1.165, 1.54) is 0 Å². The molecule has 0 spiro atoms. The third-order valence-electron chi connectivity index (χ3n) is 1.77. The third-order valence-corrected chi connectivity index (χ3v) is 1.77. The number of nitrogens with zero attached hydrogens (tertiary/aromatic N) is 4. The fraction of sp³-hybridized carbons (Fsp3) is 0.375. The Balaban J connectivity index is 2.60. The van der Waals surface area contributed by atoms with E-state index in [0.29, 0.717) is 5.92 Å². The highest BCUT2D eigenvalue weighted by Gasteiger charge is 2.02. The molecule has 0 radical (unpaired) electrons. The van der Waals surface area contributed by atoms with Crippen LogP contribution in [0, 0.1) is 0 Å². The van der Waals surface area contributed by atoms with Crippen molar-refractivity contribution < 1.29 is 0 Å². The van der Waals surface area contributed by atoms with Crippen molar-refractivity contribution in [2.24, 2.45) is 0 Å². The van der Waals surface area contributed by atoms with Crippen LogP contribution in [0.1, 0.15) is 25.5 Å². The molecule has 4 heteroatoms. The normalized spacial score (nSPS) is 11.2. The fourth-order valence-electron chi connectivity index (χ4n) is 1.05. The topological polar surface area (TPSA) is 43.1 Å². The summed E-state index contributed by atoms with van der Waals surface area (Å²) < 4.78 is 1.69. The average molecular weight is 162 g/mol.